The number of carbonyl (C=O) groups excluding carboxylic acids is 3. The van der Waals surface area contributed by atoms with Gasteiger partial charge in [0.2, 0.25) is 0 Å². The smallest absolute Gasteiger partial charge is 0.266 e. The molecule has 1 aliphatic heterocycles. The van der Waals surface area contributed by atoms with Crippen LogP contribution >= 0.6 is 11.6 Å². The maximum atomic E-state index is 12.7. The van der Waals surface area contributed by atoms with Crippen LogP contribution in [-0.4, -0.2) is 27.5 Å². The molecule has 1 aromatic heterocycles. The van der Waals surface area contributed by atoms with E-state index in [0.29, 0.717) is 22.4 Å². The number of fused-ring (bicyclic) bond motifs is 1. The van der Waals surface area contributed by atoms with Gasteiger partial charge in [-0.2, -0.15) is 5.10 Å². The first kappa shape index (κ1) is 19.7. The van der Waals surface area contributed by atoms with Crippen molar-refractivity contribution < 1.29 is 14.4 Å². The zero-order valence-electron chi connectivity index (χ0n) is 16.5. The van der Waals surface area contributed by atoms with Gasteiger partial charge in [0.1, 0.15) is 0 Å². The molecule has 0 aliphatic carbocycles. The topological polar surface area (TPSA) is 84.3 Å². The Bertz CT molecular complexity index is 1330. The SMILES string of the molecule is O=C(Nc1ccc(N2C(=O)c3ccccc3C2=O)c(Cl)c1)c1ccc(-n2cccn2)cc1. The van der Waals surface area contributed by atoms with E-state index in [4.69, 9.17) is 11.6 Å². The minimum absolute atomic E-state index is 0.173. The third-order valence-corrected chi connectivity index (χ3v) is 5.44. The molecule has 0 atom stereocenters. The molecule has 3 amide bonds. The van der Waals surface area contributed by atoms with E-state index in [-0.39, 0.29) is 16.6 Å². The number of amides is 3. The largest absolute Gasteiger partial charge is 0.322 e. The van der Waals surface area contributed by atoms with E-state index >= 15 is 0 Å². The van der Waals surface area contributed by atoms with Crippen LogP contribution in [0.5, 0.6) is 0 Å². The zero-order valence-corrected chi connectivity index (χ0v) is 17.3. The Morgan fingerprint density at radius 2 is 1.56 bits per heavy atom. The van der Waals surface area contributed by atoms with Gasteiger partial charge in [-0.3, -0.25) is 14.4 Å². The number of halogens is 1. The number of imide groups is 1. The van der Waals surface area contributed by atoms with Crippen molar-refractivity contribution in [2.75, 3.05) is 10.2 Å². The highest BCUT2D eigenvalue weighted by molar-refractivity contribution is 6.40. The van der Waals surface area contributed by atoms with Gasteiger partial charge in [-0.05, 0) is 60.7 Å². The Morgan fingerprint density at radius 1 is 0.875 bits per heavy atom. The lowest BCUT2D eigenvalue weighted by molar-refractivity contribution is 0.0924. The van der Waals surface area contributed by atoms with E-state index < -0.39 is 11.8 Å². The van der Waals surface area contributed by atoms with Crippen molar-refractivity contribution in [1.82, 2.24) is 9.78 Å². The lowest BCUT2D eigenvalue weighted by atomic mass is 10.1. The van der Waals surface area contributed by atoms with Crippen LogP contribution in [0.3, 0.4) is 0 Å². The van der Waals surface area contributed by atoms with Gasteiger partial charge < -0.3 is 5.32 Å². The molecule has 156 valence electrons. The van der Waals surface area contributed by atoms with Gasteiger partial charge in [0.25, 0.3) is 17.7 Å². The highest BCUT2D eigenvalue weighted by Gasteiger charge is 2.37. The molecule has 1 N–H and O–H groups in total. The summed E-state index contributed by atoms with van der Waals surface area (Å²) in [4.78, 5) is 39.1. The molecule has 5 rings (SSSR count). The average molecular weight is 443 g/mol. The molecule has 4 aromatic rings. The van der Waals surface area contributed by atoms with Crippen LogP contribution in [0.15, 0.2) is 85.2 Å². The van der Waals surface area contributed by atoms with Crippen LogP contribution in [0, 0.1) is 0 Å². The highest BCUT2D eigenvalue weighted by atomic mass is 35.5. The summed E-state index contributed by atoms with van der Waals surface area (Å²) in [6.45, 7) is 0. The minimum Gasteiger partial charge on any atom is -0.322 e. The molecular formula is C24H15ClN4O3. The molecule has 0 saturated heterocycles. The summed E-state index contributed by atoms with van der Waals surface area (Å²) >= 11 is 6.38. The standard InChI is InChI=1S/C24H15ClN4O3/c25-20-14-16(27-22(30)15-6-9-17(10-7-15)28-13-3-12-26-28)8-11-21(20)29-23(31)18-4-1-2-5-19(18)24(29)32/h1-14H,(H,27,30). The van der Waals surface area contributed by atoms with Crippen LogP contribution in [0.4, 0.5) is 11.4 Å². The summed E-state index contributed by atoms with van der Waals surface area (Å²) in [5, 5.41) is 7.10. The van der Waals surface area contributed by atoms with E-state index in [9.17, 15) is 14.4 Å². The van der Waals surface area contributed by atoms with E-state index in [2.05, 4.69) is 10.4 Å². The summed E-state index contributed by atoms with van der Waals surface area (Å²) in [6, 6.07) is 20.1. The Kier molecular flexibility index (Phi) is 4.80. The van der Waals surface area contributed by atoms with E-state index in [1.807, 2.05) is 12.3 Å². The Labute approximate surface area is 187 Å². The predicted molar refractivity (Wildman–Crippen MR) is 121 cm³/mol. The number of carbonyl (C=O) groups is 3. The van der Waals surface area contributed by atoms with Crippen molar-refractivity contribution in [2.24, 2.45) is 0 Å². The van der Waals surface area contributed by atoms with Crippen LogP contribution in [0.25, 0.3) is 5.69 Å². The number of rotatable bonds is 4. The van der Waals surface area contributed by atoms with E-state index in [1.165, 1.54) is 6.07 Å². The molecule has 0 radical (unpaired) electrons. The van der Waals surface area contributed by atoms with Gasteiger partial charge in [-0.15, -0.1) is 0 Å². The Hall–Kier alpha value is -4.23. The Balaban J connectivity index is 1.34. The van der Waals surface area contributed by atoms with Gasteiger partial charge in [0, 0.05) is 23.6 Å². The zero-order chi connectivity index (χ0) is 22.2. The predicted octanol–water partition coefficient (Wildman–Crippen LogP) is 4.58. The van der Waals surface area contributed by atoms with Crippen molar-refractivity contribution in [3.05, 3.63) is 107 Å². The van der Waals surface area contributed by atoms with E-state index in [1.54, 1.807) is 71.5 Å². The van der Waals surface area contributed by atoms with Crippen molar-refractivity contribution >= 4 is 40.7 Å². The minimum atomic E-state index is -0.429. The van der Waals surface area contributed by atoms with Crippen LogP contribution in [0.1, 0.15) is 31.1 Å². The van der Waals surface area contributed by atoms with Gasteiger partial charge in [-0.1, -0.05) is 23.7 Å². The number of anilines is 2. The summed E-state index contributed by atoms with van der Waals surface area (Å²) in [6.07, 6.45) is 3.49. The molecule has 8 heteroatoms. The second-order valence-electron chi connectivity index (χ2n) is 7.11. The fourth-order valence-corrected chi connectivity index (χ4v) is 3.83. The quantitative estimate of drug-likeness (QED) is 0.469. The van der Waals surface area contributed by atoms with Crippen LogP contribution in [-0.2, 0) is 0 Å². The van der Waals surface area contributed by atoms with Crippen molar-refractivity contribution in [3.63, 3.8) is 0 Å². The van der Waals surface area contributed by atoms with Gasteiger partial charge >= 0.3 is 0 Å². The second-order valence-corrected chi connectivity index (χ2v) is 7.52. The summed E-state index contributed by atoms with van der Waals surface area (Å²) in [7, 11) is 0. The summed E-state index contributed by atoms with van der Waals surface area (Å²) in [5.41, 5.74) is 2.67. The number of nitrogens with one attached hydrogen (secondary N) is 1. The molecule has 3 aromatic carbocycles. The highest BCUT2D eigenvalue weighted by Crippen LogP contribution is 2.34. The number of hydrogen-bond donors (Lipinski definition) is 1. The lowest BCUT2D eigenvalue weighted by Gasteiger charge is -2.16. The van der Waals surface area contributed by atoms with E-state index in [0.717, 1.165) is 10.6 Å². The molecule has 0 spiro atoms. The average Bonchev–Trinajstić information content (AvgIpc) is 3.43. The lowest BCUT2D eigenvalue weighted by Crippen LogP contribution is -2.29. The number of hydrogen-bond acceptors (Lipinski definition) is 4. The molecular weight excluding hydrogens is 428 g/mol. The third-order valence-electron chi connectivity index (χ3n) is 5.14. The second kappa shape index (κ2) is 7.79. The molecule has 7 nitrogen and oxygen atoms in total. The molecule has 0 unspecified atom stereocenters. The van der Waals surface area contributed by atoms with Gasteiger partial charge in [-0.25, -0.2) is 9.58 Å². The fraction of sp³-hybridized carbons (Fsp3) is 0. The fourth-order valence-electron chi connectivity index (χ4n) is 3.56. The summed E-state index contributed by atoms with van der Waals surface area (Å²) < 4.78 is 1.69. The van der Waals surface area contributed by atoms with Crippen LogP contribution in [0.2, 0.25) is 5.02 Å². The molecule has 32 heavy (non-hydrogen) atoms. The van der Waals surface area contributed by atoms with Crippen molar-refractivity contribution in [1.29, 1.82) is 0 Å². The first-order valence-electron chi connectivity index (χ1n) is 9.72. The summed E-state index contributed by atoms with van der Waals surface area (Å²) in [5.74, 6) is -1.18. The maximum absolute atomic E-state index is 12.7. The van der Waals surface area contributed by atoms with Gasteiger partial charge in [0.15, 0.2) is 0 Å². The first-order chi connectivity index (χ1) is 15.5. The first-order valence-corrected chi connectivity index (χ1v) is 10.1. The van der Waals surface area contributed by atoms with Crippen LogP contribution < -0.4 is 10.2 Å². The maximum Gasteiger partial charge on any atom is 0.266 e. The van der Waals surface area contributed by atoms with Gasteiger partial charge in [0.05, 0.1) is 27.5 Å². The molecule has 0 bridgehead atoms. The monoisotopic (exact) mass is 442 g/mol. The molecule has 1 aliphatic rings. The number of benzene rings is 3. The van der Waals surface area contributed by atoms with Crippen molar-refractivity contribution in [3.8, 4) is 5.69 Å². The van der Waals surface area contributed by atoms with Crippen molar-refractivity contribution in [2.45, 2.75) is 0 Å². The number of nitrogens with zero attached hydrogens (tertiary/aromatic N) is 3. The molecule has 0 fully saturated rings. The molecule has 2 heterocycles. The number of aromatic nitrogens is 2. The Morgan fingerprint density at radius 3 is 2.16 bits per heavy atom. The molecule has 0 saturated carbocycles. The normalized spacial score (nSPS) is 12.7. The third kappa shape index (κ3) is 3.34.